The van der Waals surface area contributed by atoms with Gasteiger partial charge in [0.05, 0.1) is 18.1 Å². The minimum Gasteiger partial charge on any atom is -0.421 e. The topological polar surface area (TPSA) is 134 Å². The maximum atomic E-state index is 14.6. The Bertz CT molecular complexity index is 1330. The van der Waals surface area contributed by atoms with Crippen molar-refractivity contribution in [3.63, 3.8) is 0 Å². The molecular weight excluding hydrogens is 475 g/mol. The van der Waals surface area contributed by atoms with Crippen molar-refractivity contribution in [3.05, 3.63) is 41.6 Å². The minimum atomic E-state index is -0.307. The number of fused-ring (bicyclic) bond motifs is 3. The first-order valence-corrected chi connectivity index (χ1v) is 12.7. The van der Waals surface area contributed by atoms with Gasteiger partial charge in [0.2, 0.25) is 5.95 Å². The van der Waals surface area contributed by atoms with Crippen molar-refractivity contribution in [2.45, 2.75) is 32.2 Å². The summed E-state index contributed by atoms with van der Waals surface area (Å²) in [4.78, 5) is 20.3. The van der Waals surface area contributed by atoms with E-state index >= 15 is 0 Å². The Balaban J connectivity index is 1.34. The quantitative estimate of drug-likeness (QED) is 0.283. The fraction of sp³-hybridized carbons (Fsp3) is 0.462. The third kappa shape index (κ3) is 4.31. The van der Waals surface area contributed by atoms with Crippen LogP contribution in [0.25, 0.3) is 11.1 Å². The molecule has 3 heterocycles. The number of ether oxygens (including phenoxy) is 1. The molecule has 3 aliphatic rings. The van der Waals surface area contributed by atoms with Gasteiger partial charge in [0.25, 0.3) is 0 Å². The maximum absolute atomic E-state index is 14.6. The summed E-state index contributed by atoms with van der Waals surface area (Å²) in [6, 6.07) is 3.34. The second kappa shape index (κ2) is 9.07. The van der Waals surface area contributed by atoms with Gasteiger partial charge in [0, 0.05) is 62.4 Å². The highest BCUT2D eigenvalue weighted by Gasteiger charge is 2.54. The van der Waals surface area contributed by atoms with E-state index in [4.69, 9.17) is 20.4 Å². The van der Waals surface area contributed by atoms with E-state index in [1.807, 2.05) is 6.92 Å². The zero-order valence-electron chi connectivity index (χ0n) is 21.0. The molecule has 2 fully saturated rings. The van der Waals surface area contributed by atoms with E-state index in [-0.39, 0.29) is 35.8 Å². The number of hydrogen-bond donors (Lipinski definition) is 4. The SMILES string of the molecule is CNc1cc(F)cc2c1Cc1nc(Oc3cnc(NCC(C)CO)nc3)nc(N3C[C@H](N)C4(CC4)C3)c1-2. The predicted octanol–water partition coefficient (Wildman–Crippen LogP) is 2.78. The van der Waals surface area contributed by atoms with E-state index in [9.17, 15) is 9.50 Å². The van der Waals surface area contributed by atoms with Crippen molar-refractivity contribution < 1.29 is 14.2 Å². The average molecular weight is 507 g/mol. The average Bonchev–Trinajstić information content (AvgIpc) is 3.49. The molecule has 0 radical (unpaired) electrons. The number of anilines is 3. The molecule has 1 spiro atoms. The standard InChI is InChI=1S/C26H31FN8O2/c1-14(12-36)8-30-24-31-9-16(10-32-24)37-25-33-20-7-17-18(5-15(27)6-19(17)29-2)22(20)23(34-25)35-11-21(28)26(13-35)3-4-26/h5-6,9-10,14,21,29,36H,3-4,7-8,11-13,28H2,1-2H3,(H,30,31,32)/t14?,21-/m0/s1. The van der Waals surface area contributed by atoms with Crippen molar-refractivity contribution in [2.24, 2.45) is 17.1 Å². The lowest BCUT2D eigenvalue weighted by Crippen LogP contribution is -2.30. The number of aromatic nitrogens is 4. The number of nitrogens with two attached hydrogens (primary N) is 1. The van der Waals surface area contributed by atoms with Gasteiger partial charge in [-0.2, -0.15) is 9.97 Å². The first kappa shape index (κ1) is 23.8. The zero-order chi connectivity index (χ0) is 25.7. The molecule has 6 rings (SSSR count). The van der Waals surface area contributed by atoms with Gasteiger partial charge in [-0.1, -0.05) is 6.92 Å². The Morgan fingerprint density at radius 1 is 1.27 bits per heavy atom. The van der Waals surface area contributed by atoms with Crippen LogP contribution in [0.2, 0.25) is 0 Å². The fourth-order valence-electron chi connectivity index (χ4n) is 5.33. The van der Waals surface area contributed by atoms with Crippen molar-refractivity contribution in [2.75, 3.05) is 48.8 Å². The van der Waals surface area contributed by atoms with Crippen molar-refractivity contribution in [1.29, 1.82) is 0 Å². The van der Waals surface area contributed by atoms with Gasteiger partial charge in [0.1, 0.15) is 11.6 Å². The molecule has 11 heteroatoms. The highest BCUT2D eigenvalue weighted by atomic mass is 19.1. The molecule has 3 aromatic rings. The molecule has 2 atom stereocenters. The fourth-order valence-corrected chi connectivity index (χ4v) is 5.33. The van der Waals surface area contributed by atoms with Crippen LogP contribution in [0.4, 0.5) is 21.8 Å². The number of aliphatic hydroxyl groups excluding tert-OH is 1. The summed E-state index contributed by atoms with van der Waals surface area (Å²) >= 11 is 0. The number of rotatable bonds is 8. The molecule has 1 aromatic carbocycles. The molecular formula is C26H31FN8O2. The molecule has 1 unspecified atom stereocenters. The van der Waals surface area contributed by atoms with Gasteiger partial charge in [0.15, 0.2) is 5.75 Å². The minimum absolute atomic E-state index is 0.0748. The van der Waals surface area contributed by atoms with Gasteiger partial charge >= 0.3 is 6.01 Å². The molecule has 37 heavy (non-hydrogen) atoms. The summed E-state index contributed by atoms with van der Waals surface area (Å²) in [6.45, 7) is 4.07. The lowest BCUT2D eigenvalue weighted by atomic mass is 10.0. The van der Waals surface area contributed by atoms with Crippen molar-refractivity contribution >= 4 is 17.5 Å². The van der Waals surface area contributed by atoms with Crippen LogP contribution >= 0.6 is 0 Å². The largest absolute Gasteiger partial charge is 0.421 e. The summed E-state index contributed by atoms with van der Waals surface area (Å²) in [5, 5.41) is 15.4. The van der Waals surface area contributed by atoms with Gasteiger partial charge < -0.3 is 31.1 Å². The number of nitrogens with zero attached hydrogens (tertiary/aromatic N) is 5. The number of benzene rings is 1. The highest BCUT2D eigenvalue weighted by Crippen LogP contribution is 2.54. The normalized spacial score (nSPS) is 19.5. The van der Waals surface area contributed by atoms with E-state index in [0.29, 0.717) is 31.2 Å². The molecule has 2 aliphatic carbocycles. The second-order valence-corrected chi connectivity index (χ2v) is 10.4. The molecule has 0 bridgehead atoms. The predicted molar refractivity (Wildman–Crippen MR) is 138 cm³/mol. The highest BCUT2D eigenvalue weighted by molar-refractivity contribution is 5.88. The smallest absolute Gasteiger partial charge is 0.324 e. The number of nitrogens with one attached hydrogen (secondary N) is 2. The second-order valence-electron chi connectivity index (χ2n) is 10.4. The summed E-state index contributed by atoms with van der Waals surface area (Å²) in [5.74, 6) is 1.36. The number of halogens is 1. The molecule has 1 aliphatic heterocycles. The summed E-state index contributed by atoms with van der Waals surface area (Å²) < 4.78 is 20.6. The van der Waals surface area contributed by atoms with Crippen LogP contribution in [0.5, 0.6) is 11.8 Å². The molecule has 10 nitrogen and oxygen atoms in total. The third-order valence-electron chi connectivity index (χ3n) is 7.70. The van der Waals surface area contributed by atoms with E-state index in [1.54, 1.807) is 25.5 Å². The van der Waals surface area contributed by atoms with Crippen LogP contribution in [0, 0.1) is 17.2 Å². The molecule has 194 valence electrons. The van der Waals surface area contributed by atoms with E-state index in [1.165, 1.54) is 6.07 Å². The van der Waals surface area contributed by atoms with E-state index in [2.05, 4.69) is 25.5 Å². The van der Waals surface area contributed by atoms with Crippen LogP contribution in [0.3, 0.4) is 0 Å². The zero-order valence-corrected chi connectivity index (χ0v) is 21.0. The molecule has 2 aromatic heterocycles. The molecule has 1 saturated heterocycles. The molecule has 0 amide bonds. The summed E-state index contributed by atoms with van der Waals surface area (Å²) in [7, 11) is 1.79. The van der Waals surface area contributed by atoms with E-state index in [0.717, 1.165) is 53.3 Å². The first-order chi connectivity index (χ1) is 17.9. The van der Waals surface area contributed by atoms with Gasteiger partial charge in [-0.15, -0.1) is 0 Å². The number of hydrogen-bond acceptors (Lipinski definition) is 10. The van der Waals surface area contributed by atoms with Crippen LogP contribution in [-0.4, -0.2) is 64.4 Å². The van der Waals surface area contributed by atoms with Gasteiger partial charge in [-0.3, -0.25) is 0 Å². The Morgan fingerprint density at radius 2 is 2.05 bits per heavy atom. The van der Waals surface area contributed by atoms with Crippen molar-refractivity contribution in [1.82, 2.24) is 19.9 Å². The molecule has 5 N–H and O–H groups in total. The first-order valence-electron chi connectivity index (χ1n) is 12.7. The molecule has 1 saturated carbocycles. The van der Waals surface area contributed by atoms with Crippen LogP contribution in [0.1, 0.15) is 31.0 Å². The maximum Gasteiger partial charge on any atom is 0.324 e. The summed E-state index contributed by atoms with van der Waals surface area (Å²) in [6.07, 6.45) is 5.89. The van der Waals surface area contributed by atoms with Crippen LogP contribution in [-0.2, 0) is 6.42 Å². The Hall–Kier alpha value is -3.57. The van der Waals surface area contributed by atoms with Crippen LogP contribution in [0.15, 0.2) is 24.5 Å². The Kier molecular flexibility index (Phi) is 5.84. The van der Waals surface area contributed by atoms with Gasteiger partial charge in [-0.25, -0.2) is 14.4 Å². The summed E-state index contributed by atoms with van der Waals surface area (Å²) in [5.41, 5.74) is 10.8. The van der Waals surface area contributed by atoms with E-state index < -0.39 is 0 Å². The Morgan fingerprint density at radius 3 is 2.73 bits per heavy atom. The number of aliphatic hydroxyl groups is 1. The monoisotopic (exact) mass is 506 g/mol. The third-order valence-corrected chi connectivity index (χ3v) is 7.70. The lowest BCUT2D eigenvalue weighted by Gasteiger charge is -2.21. The lowest BCUT2D eigenvalue weighted by molar-refractivity contribution is 0.244. The Labute approximate surface area is 214 Å². The van der Waals surface area contributed by atoms with Gasteiger partial charge in [-0.05, 0) is 42.0 Å². The van der Waals surface area contributed by atoms with Crippen molar-refractivity contribution in [3.8, 4) is 22.9 Å². The van der Waals surface area contributed by atoms with Crippen LogP contribution < -0.4 is 26.0 Å².